The molecular formula is C15H16N6. The largest absolute Gasteiger partial charge is 0.369 e. The predicted octanol–water partition coefficient (Wildman–Crippen LogP) is 4.28. The van der Waals surface area contributed by atoms with Gasteiger partial charge in [0.05, 0.1) is 11.4 Å². The second kappa shape index (κ2) is 5.98. The van der Waals surface area contributed by atoms with E-state index in [9.17, 15) is 0 Å². The van der Waals surface area contributed by atoms with E-state index in [4.69, 9.17) is 16.7 Å². The van der Waals surface area contributed by atoms with Crippen molar-refractivity contribution in [3.05, 3.63) is 64.0 Å². The molecule has 0 aromatic heterocycles. The van der Waals surface area contributed by atoms with Crippen LogP contribution in [0.4, 0.5) is 17.1 Å². The number of benzene rings is 2. The Morgan fingerprint density at radius 2 is 1.81 bits per heavy atom. The Morgan fingerprint density at radius 3 is 2.38 bits per heavy atom. The summed E-state index contributed by atoms with van der Waals surface area (Å²) in [6.07, 6.45) is 0. The minimum Gasteiger partial charge on any atom is -0.369 e. The predicted molar refractivity (Wildman–Crippen MR) is 85.2 cm³/mol. The average molecular weight is 280 g/mol. The van der Waals surface area contributed by atoms with E-state index < -0.39 is 0 Å². The zero-order chi connectivity index (χ0) is 15.4. The number of anilines is 2. The molecular weight excluding hydrogens is 264 g/mol. The molecule has 0 unspecified atom stereocenters. The number of nitrogens with zero attached hydrogens (tertiary/aromatic N) is 4. The second-order valence-corrected chi connectivity index (χ2v) is 4.67. The van der Waals surface area contributed by atoms with Gasteiger partial charge in [0.1, 0.15) is 0 Å². The molecule has 2 aromatic rings. The van der Waals surface area contributed by atoms with Crippen LogP contribution in [0.2, 0.25) is 0 Å². The lowest BCUT2D eigenvalue weighted by Gasteiger charge is -2.26. The van der Waals surface area contributed by atoms with Gasteiger partial charge in [-0.2, -0.15) is 0 Å². The molecule has 0 bridgehead atoms. The second-order valence-electron chi connectivity index (χ2n) is 4.67. The maximum Gasteiger partial charge on any atom is 0.197 e. The van der Waals surface area contributed by atoms with E-state index in [1.165, 1.54) is 0 Å². The number of nitrogens with two attached hydrogens (primary N) is 1. The first kappa shape index (κ1) is 14.4. The monoisotopic (exact) mass is 280 g/mol. The van der Waals surface area contributed by atoms with Crippen LogP contribution in [-0.2, 0) is 0 Å². The number of nitrogens with one attached hydrogen (secondary N) is 1. The molecule has 0 aliphatic rings. The van der Waals surface area contributed by atoms with Gasteiger partial charge >= 0.3 is 0 Å². The van der Waals surface area contributed by atoms with Gasteiger partial charge in [0.2, 0.25) is 0 Å². The van der Waals surface area contributed by atoms with Gasteiger partial charge in [0, 0.05) is 10.6 Å². The van der Waals surface area contributed by atoms with Crippen molar-refractivity contribution in [2.75, 3.05) is 4.90 Å². The maximum absolute atomic E-state index is 8.49. The Labute approximate surface area is 123 Å². The minimum absolute atomic E-state index is 0.0658. The molecule has 0 radical (unpaired) electrons. The van der Waals surface area contributed by atoms with Crippen molar-refractivity contribution in [2.45, 2.75) is 13.8 Å². The van der Waals surface area contributed by atoms with Crippen LogP contribution in [0.15, 0.2) is 47.6 Å². The number of guanidine groups is 1. The summed E-state index contributed by atoms with van der Waals surface area (Å²) in [5.74, 6) is -0.0658. The molecule has 0 atom stereocenters. The molecule has 3 N–H and O–H groups in total. The van der Waals surface area contributed by atoms with Crippen molar-refractivity contribution in [2.24, 2.45) is 10.8 Å². The number of hydrogen-bond acceptors (Lipinski definition) is 2. The van der Waals surface area contributed by atoms with E-state index in [1.807, 2.05) is 38.1 Å². The summed E-state index contributed by atoms with van der Waals surface area (Å²) in [6, 6.07) is 13.0. The van der Waals surface area contributed by atoms with Gasteiger partial charge in [-0.15, -0.1) is 0 Å². The molecule has 0 amide bonds. The summed E-state index contributed by atoms with van der Waals surface area (Å²) in [5, 5.41) is 11.5. The normalized spacial score (nSPS) is 9.81. The molecule has 106 valence electrons. The smallest absolute Gasteiger partial charge is 0.197 e. The third-order valence-corrected chi connectivity index (χ3v) is 3.18. The van der Waals surface area contributed by atoms with Crippen molar-refractivity contribution in [1.29, 1.82) is 5.41 Å². The van der Waals surface area contributed by atoms with Crippen LogP contribution >= 0.6 is 0 Å². The van der Waals surface area contributed by atoms with Gasteiger partial charge in [-0.25, -0.2) is 0 Å². The summed E-state index contributed by atoms with van der Waals surface area (Å²) in [4.78, 5) is 4.44. The first-order chi connectivity index (χ1) is 10.0. The maximum atomic E-state index is 8.49. The van der Waals surface area contributed by atoms with Crippen molar-refractivity contribution in [3.63, 3.8) is 0 Å². The highest BCUT2D eigenvalue weighted by Gasteiger charge is 2.16. The van der Waals surface area contributed by atoms with Crippen molar-refractivity contribution in [3.8, 4) is 0 Å². The number of aryl methyl sites for hydroxylation is 2. The molecule has 0 fully saturated rings. The molecule has 0 aliphatic carbocycles. The first-order valence-corrected chi connectivity index (χ1v) is 6.40. The van der Waals surface area contributed by atoms with E-state index in [2.05, 4.69) is 10.0 Å². The standard InChI is InChI=1S/C15H16N6/c1-10-5-3-4-6-13(10)21(15(16)17)14-8-7-12(19-20-18)9-11(14)2/h3-9H,1-2H3,(H3,16,17). The van der Waals surface area contributed by atoms with Crippen LogP contribution in [0.1, 0.15) is 11.1 Å². The molecule has 0 saturated carbocycles. The lowest BCUT2D eigenvalue weighted by molar-refractivity contribution is 1.21. The van der Waals surface area contributed by atoms with Crippen LogP contribution in [0, 0.1) is 19.3 Å². The van der Waals surface area contributed by atoms with Crippen molar-refractivity contribution >= 4 is 23.0 Å². The molecule has 0 spiro atoms. The van der Waals surface area contributed by atoms with Crippen LogP contribution in [0.25, 0.3) is 10.4 Å². The van der Waals surface area contributed by atoms with Gasteiger partial charge in [0.25, 0.3) is 0 Å². The third kappa shape index (κ3) is 2.96. The Kier molecular flexibility index (Phi) is 4.11. The highest BCUT2D eigenvalue weighted by atomic mass is 15.2. The van der Waals surface area contributed by atoms with E-state index >= 15 is 0 Å². The highest BCUT2D eigenvalue weighted by molar-refractivity contribution is 6.01. The molecule has 6 nitrogen and oxygen atoms in total. The Bertz CT molecular complexity index is 731. The molecule has 2 rings (SSSR count). The summed E-state index contributed by atoms with van der Waals surface area (Å²) < 4.78 is 0. The highest BCUT2D eigenvalue weighted by Crippen LogP contribution is 2.32. The van der Waals surface area contributed by atoms with E-state index in [0.717, 1.165) is 22.5 Å². The van der Waals surface area contributed by atoms with Crippen LogP contribution in [-0.4, -0.2) is 5.96 Å². The topological polar surface area (TPSA) is 102 Å². The molecule has 21 heavy (non-hydrogen) atoms. The fraction of sp³-hybridized carbons (Fsp3) is 0.133. The summed E-state index contributed by atoms with van der Waals surface area (Å²) in [5.41, 5.74) is 18.3. The van der Waals surface area contributed by atoms with E-state index in [0.29, 0.717) is 5.69 Å². The van der Waals surface area contributed by atoms with Crippen molar-refractivity contribution < 1.29 is 0 Å². The first-order valence-electron chi connectivity index (χ1n) is 6.40. The lowest BCUT2D eigenvalue weighted by atomic mass is 10.1. The lowest BCUT2D eigenvalue weighted by Crippen LogP contribution is -2.33. The van der Waals surface area contributed by atoms with Gasteiger partial charge in [-0.05, 0) is 48.7 Å². The van der Waals surface area contributed by atoms with Crippen LogP contribution in [0.5, 0.6) is 0 Å². The Balaban J connectivity index is 2.57. The van der Waals surface area contributed by atoms with Crippen LogP contribution < -0.4 is 10.6 Å². The average Bonchev–Trinajstić information content (AvgIpc) is 2.43. The van der Waals surface area contributed by atoms with Crippen LogP contribution in [0.3, 0.4) is 0 Å². The van der Waals surface area contributed by atoms with E-state index in [1.54, 1.807) is 23.1 Å². The summed E-state index contributed by atoms with van der Waals surface area (Å²) in [7, 11) is 0. The molecule has 0 aliphatic heterocycles. The fourth-order valence-electron chi connectivity index (χ4n) is 2.21. The van der Waals surface area contributed by atoms with Gasteiger partial charge in [0.15, 0.2) is 5.96 Å². The number of azide groups is 1. The Morgan fingerprint density at radius 1 is 1.14 bits per heavy atom. The molecule has 0 heterocycles. The molecule has 6 heteroatoms. The Hall–Kier alpha value is -2.98. The fourth-order valence-corrected chi connectivity index (χ4v) is 2.21. The van der Waals surface area contributed by atoms with Crippen molar-refractivity contribution in [1.82, 2.24) is 0 Å². The zero-order valence-corrected chi connectivity index (χ0v) is 11.9. The number of rotatable bonds is 3. The number of hydrogen-bond donors (Lipinski definition) is 2. The number of para-hydroxylation sites is 1. The quantitative estimate of drug-likeness (QED) is 0.288. The summed E-state index contributed by atoms with van der Waals surface area (Å²) >= 11 is 0. The molecule has 2 aromatic carbocycles. The van der Waals surface area contributed by atoms with E-state index in [-0.39, 0.29) is 5.96 Å². The third-order valence-electron chi connectivity index (χ3n) is 3.18. The zero-order valence-electron chi connectivity index (χ0n) is 11.9. The van der Waals surface area contributed by atoms with Gasteiger partial charge in [-0.3, -0.25) is 10.3 Å². The SMILES string of the molecule is Cc1ccccc1N(C(=N)N)c1ccc(N=[N+]=[N-])cc1C. The minimum atomic E-state index is -0.0658. The van der Waals surface area contributed by atoms with Gasteiger partial charge in [-0.1, -0.05) is 29.4 Å². The summed E-state index contributed by atoms with van der Waals surface area (Å²) in [6.45, 7) is 3.86. The van der Waals surface area contributed by atoms with Gasteiger partial charge < -0.3 is 5.73 Å². The molecule has 0 saturated heterocycles.